The highest BCUT2D eigenvalue weighted by atomic mass is 16.3. The third-order valence-corrected chi connectivity index (χ3v) is 5.53. The summed E-state index contributed by atoms with van der Waals surface area (Å²) in [5.74, 6) is -1.41. The summed E-state index contributed by atoms with van der Waals surface area (Å²) in [6.45, 7) is 5.09. The number of carbonyl (C=O) groups is 3. The molecule has 1 aliphatic heterocycles. The first kappa shape index (κ1) is 24.8. The average Bonchev–Trinajstić information content (AvgIpc) is 3.25. The third kappa shape index (κ3) is 6.25. The molecule has 1 saturated heterocycles. The lowest BCUT2D eigenvalue weighted by atomic mass is 10.0. The Hall–Kier alpha value is -2.49. The number of likely N-dealkylation sites (tertiary alicyclic amines) is 1. The number of aliphatic hydroxyl groups excluding tert-OH is 2. The summed E-state index contributed by atoms with van der Waals surface area (Å²) in [5.41, 5.74) is 6.18. The molecule has 0 saturated carbocycles. The zero-order chi connectivity index (χ0) is 23.1. The van der Waals surface area contributed by atoms with E-state index in [0.717, 1.165) is 0 Å². The summed E-state index contributed by atoms with van der Waals surface area (Å²) in [5, 5.41) is 25.6. The molecule has 2 rings (SSSR count). The molecule has 1 fully saturated rings. The van der Waals surface area contributed by atoms with Crippen LogP contribution in [0.5, 0.6) is 0 Å². The Morgan fingerprint density at radius 1 is 1.16 bits per heavy atom. The first-order chi connectivity index (χ1) is 14.7. The molecule has 9 heteroatoms. The molecule has 0 aromatic heterocycles. The van der Waals surface area contributed by atoms with Crippen molar-refractivity contribution in [3.05, 3.63) is 35.9 Å². The minimum Gasteiger partial charge on any atom is -0.394 e. The average molecular weight is 435 g/mol. The van der Waals surface area contributed by atoms with Gasteiger partial charge in [-0.05, 0) is 31.2 Å². The van der Waals surface area contributed by atoms with Gasteiger partial charge in [-0.25, -0.2) is 0 Å². The first-order valence-corrected chi connectivity index (χ1v) is 10.7. The molecular weight excluding hydrogens is 400 g/mol. The van der Waals surface area contributed by atoms with E-state index in [-0.39, 0.29) is 11.8 Å². The molecule has 1 heterocycles. The maximum Gasteiger partial charge on any atom is 0.246 e. The van der Waals surface area contributed by atoms with E-state index in [4.69, 9.17) is 5.73 Å². The largest absolute Gasteiger partial charge is 0.394 e. The van der Waals surface area contributed by atoms with Crippen LogP contribution in [-0.2, 0) is 14.4 Å². The molecule has 9 nitrogen and oxygen atoms in total. The second-order valence-corrected chi connectivity index (χ2v) is 8.36. The van der Waals surface area contributed by atoms with Crippen LogP contribution >= 0.6 is 0 Å². The van der Waals surface area contributed by atoms with Crippen molar-refractivity contribution in [2.24, 2.45) is 11.7 Å². The summed E-state index contributed by atoms with van der Waals surface area (Å²) < 4.78 is 0. The van der Waals surface area contributed by atoms with E-state index in [0.29, 0.717) is 24.9 Å². The lowest BCUT2D eigenvalue weighted by Crippen LogP contribution is -2.58. The van der Waals surface area contributed by atoms with Crippen LogP contribution in [0.1, 0.15) is 45.3 Å². The van der Waals surface area contributed by atoms with E-state index in [1.165, 1.54) is 11.8 Å². The molecule has 1 aliphatic rings. The van der Waals surface area contributed by atoms with Gasteiger partial charge in [0.25, 0.3) is 0 Å². The third-order valence-electron chi connectivity index (χ3n) is 5.53. The van der Waals surface area contributed by atoms with E-state index >= 15 is 0 Å². The van der Waals surface area contributed by atoms with Crippen molar-refractivity contribution in [3.8, 4) is 0 Å². The van der Waals surface area contributed by atoms with Crippen LogP contribution in [0.4, 0.5) is 0 Å². The van der Waals surface area contributed by atoms with Gasteiger partial charge in [-0.2, -0.15) is 0 Å². The van der Waals surface area contributed by atoms with E-state index in [1.54, 1.807) is 30.3 Å². The number of amides is 3. The highest BCUT2D eigenvalue weighted by Gasteiger charge is 2.39. The summed E-state index contributed by atoms with van der Waals surface area (Å²) in [6.07, 6.45) is 0.0128. The van der Waals surface area contributed by atoms with Gasteiger partial charge in [0.1, 0.15) is 18.2 Å². The fraction of sp³-hybridized carbons (Fsp3) is 0.591. The van der Waals surface area contributed by atoms with E-state index in [1.807, 2.05) is 13.8 Å². The second-order valence-electron chi connectivity index (χ2n) is 8.36. The summed E-state index contributed by atoms with van der Waals surface area (Å²) in [4.78, 5) is 39.6. The highest BCUT2D eigenvalue weighted by Crippen LogP contribution is 2.22. The van der Waals surface area contributed by atoms with Crippen molar-refractivity contribution in [2.75, 3.05) is 13.2 Å². The highest BCUT2D eigenvalue weighted by molar-refractivity contribution is 5.93. The maximum absolute atomic E-state index is 13.2. The van der Waals surface area contributed by atoms with Crippen LogP contribution in [0.2, 0.25) is 0 Å². The van der Waals surface area contributed by atoms with Crippen LogP contribution in [0.3, 0.4) is 0 Å². The Kier molecular flexibility index (Phi) is 8.97. The molecule has 31 heavy (non-hydrogen) atoms. The number of aliphatic hydroxyl groups is 2. The Morgan fingerprint density at radius 2 is 1.81 bits per heavy atom. The Labute approximate surface area is 183 Å². The molecule has 0 bridgehead atoms. The van der Waals surface area contributed by atoms with Gasteiger partial charge in [-0.1, -0.05) is 44.2 Å². The zero-order valence-electron chi connectivity index (χ0n) is 18.3. The number of rotatable bonds is 9. The van der Waals surface area contributed by atoms with Crippen molar-refractivity contribution < 1.29 is 24.6 Å². The molecule has 3 amide bonds. The molecule has 1 aromatic rings. The quantitative estimate of drug-likeness (QED) is 0.360. The van der Waals surface area contributed by atoms with Crippen molar-refractivity contribution in [3.63, 3.8) is 0 Å². The normalized spacial score (nSPS) is 20.1. The topological polar surface area (TPSA) is 145 Å². The maximum atomic E-state index is 13.2. The predicted molar refractivity (Wildman–Crippen MR) is 116 cm³/mol. The molecule has 0 radical (unpaired) electrons. The van der Waals surface area contributed by atoms with Gasteiger partial charge in [-0.3, -0.25) is 14.4 Å². The number of carbonyl (C=O) groups excluding carboxylic acids is 3. The second kappa shape index (κ2) is 11.2. The molecule has 0 spiro atoms. The summed E-state index contributed by atoms with van der Waals surface area (Å²) in [6, 6.07) is 5.54. The Bertz CT molecular complexity index is 756. The number of nitrogens with zero attached hydrogens (tertiary/aromatic N) is 1. The van der Waals surface area contributed by atoms with Crippen molar-refractivity contribution in [1.82, 2.24) is 15.5 Å². The van der Waals surface area contributed by atoms with Crippen LogP contribution in [0, 0.1) is 5.92 Å². The van der Waals surface area contributed by atoms with Gasteiger partial charge in [-0.15, -0.1) is 0 Å². The molecule has 0 unspecified atom stereocenters. The molecule has 0 aliphatic carbocycles. The van der Waals surface area contributed by atoms with Gasteiger partial charge >= 0.3 is 0 Å². The van der Waals surface area contributed by atoms with Crippen LogP contribution in [0.25, 0.3) is 0 Å². The minimum atomic E-state index is -1.09. The zero-order valence-corrected chi connectivity index (χ0v) is 18.3. The van der Waals surface area contributed by atoms with Crippen molar-refractivity contribution in [2.45, 2.75) is 63.9 Å². The number of nitrogens with one attached hydrogen (secondary N) is 2. The number of nitrogens with two attached hydrogens (primary N) is 1. The van der Waals surface area contributed by atoms with Crippen LogP contribution in [-0.4, -0.2) is 70.2 Å². The Morgan fingerprint density at radius 3 is 2.35 bits per heavy atom. The smallest absolute Gasteiger partial charge is 0.246 e. The van der Waals surface area contributed by atoms with Crippen molar-refractivity contribution >= 4 is 17.7 Å². The van der Waals surface area contributed by atoms with Crippen molar-refractivity contribution in [1.29, 1.82) is 0 Å². The van der Waals surface area contributed by atoms with Gasteiger partial charge in [0.15, 0.2) is 0 Å². The van der Waals surface area contributed by atoms with E-state index in [2.05, 4.69) is 10.6 Å². The molecule has 172 valence electrons. The van der Waals surface area contributed by atoms with Gasteiger partial charge in [0.2, 0.25) is 17.7 Å². The molecular formula is C22H34N4O5. The van der Waals surface area contributed by atoms with E-state index in [9.17, 15) is 24.6 Å². The minimum absolute atomic E-state index is 0.190. The first-order valence-electron chi connectivity index (χ1n) is 10.7. The Balaban J connectivity index is 2.11. The number of hydrogen-bond donors (Lipinski definition) is 5. The molecule has 5 atom stereocenters. The number of hydrogen-bond acceptors (Lipinski definition) is 6. The lowest BCUT2D eigenvalue weighted by Gasteiger charge is -2.32. The van der Waals surface area contributed by atoms with Crippen LogP contribution < -0.4 is 16.4 Å². The van der Waals surface area contributed by atoms with Crippen LogP contribution in [0.15, 0.2) is 30.3 Å². The van der Waals surface area contributed by atoms with Gasteiger partial charge in [0.05, 0.1) is 18.7 Å². The molecule has 1 aromatic carbocycles. The lowest BCUT2D eigenvalue weighted by molar-refractivity contribution is -0.143. The SMILES string of the molecule is CC(C)[C@H](NC(=O)[C@H](C)N)C(=O)N1CCC[C@H]1C(=O)N[C@@H](CO)[C@@H](O)c1ccccc1. The fourth-order valence-corrected chi connectivity index (χ4v) is 3.67. The summed E-state index contributed by atoms with van der Waals surface area (Å²) >= 11 is 0. The standard InChI is InChI=1S/C22H34N4O5/c1-13(2)18(25-20(29)14(3)23)22(31)26-11-7-10-17(26)21(30)24-16(12-27)19(28)15-8-5-4-6-9-15/h4-6,8-9,13-14,16-19,27-28H,7,10-12,23H2,1-3H3,(H,24,30)(H,25,29)/t14-,16-,17-,18-,19-/m0/s1. The molecule has 6 N–H and O–H groups in total. The number of benzene rings is 1. The summed E-state index contributed by atoms with van der Waals surface area (Å²) in [7, 11) is 0. The predicted octanol–water partition coefficient (Wildman–Crippen LogP) is -0.324. The van der Waals surface area contributed by atoms with Gasteiger partial charge < -0.3 is 31.5 Å². The van der Waals surface area contributed by atoms with E-state index < -0.39 is 48.7 Å². The van der Waals surface area contributed by atoms with Gasteiger partial charge in [0, 0.05) is 6.54 Å². The monoisotopic (exact) mass is 434 g/mol. The fourth-order valence-electron chi connectivity index (χ4n) is 3.67.